The molecule has 1 aromatic heterocycles. The van der Waals surface area contributed by atoms with Crippen LogP contribution in [0.5, 0.6) is 0 Å². The van der Waals surface area contributed by atoms with Gasteiger partial charge in [-0.2, -0.15) is 13.2 Å². The van der Waals surface area contributed by atoms with Crippen molar-refractivity contribution in [3.63, 3.8) is 0 Å². The molecule has 0 unspecified atom stereocenters. The first-order valence-electron chi connectivity index (χ1n) is 5.97. The molecule has 2 aromatic rings. The van der Waals surface area contributed by atoms with Crippen LogP contribution in [0, 0.1) is 5.82 Å². The minimum atomic E-state index is -4.48. The molecule has 0 aliphatic heterocycles. The van der Waals surface area contributed by atoms with Gasteiger partial charge in [-0.05, 0) is 30.3 Å². The topological polar surface area (TPSA) is 24.9 Å². The Morgan fingerprint density at radius 2 is 1.90 bits per heavy atom. The molecule has 0 aliphatic carbocycles. The van der Waals surface area contributed by atoms with Crippen molar-refractivity contribution in [2.45, 2.75) is 12.6 Å². The van der Waals surface area contributed by atoms with Crippen LogP contribution in [0.3, 0.4) is 0 Å². The van der Waals surface area contributed by atoms with Crippen LogP contribution in [0.4, 0.5) is 23.2 Å². The van der Waals surface area contributed by atoms with Gasteiger partial charge in [0.05, 0.1) is 11.3 Å². The number of benzene rings is 1. The Hall–Kier alpha value is -2.11. The van der Waals surface area contributed by atoms with Gasteiger partial charge in [0.2, 0.25) is 0 Å². The van der Waals surface area contributed by atoms with Crippen LogP contribution < -0.4 is 5.32 Å². The summed E-state index contributed by atoms with van der Waals surface area (Å²) in [7, 11) is 0. The number of aromatic nitrogens is 1. The highest BCUT2D eigenvalue weighted by molar-refractivity contribution is 5.48. The van der Waals surface area contributed by atoms with E-state index in [1.807, 2.05) is 6.07 Å². The van der Waals surface area contributed by atoms with E-state index < -0.39 is 17.6 Å². The van der Waals surface area contributed by atoms with Crippen molar-refractivity contribution in [1.82, 2.24) is 4.98 Å². The summed E-state index contributed by atoms with van der Waals surface area (Å²) >= 11 is 0. The summed E-state index contributed by atoms with van der Waals surface area (Å²) in [5, 5.41) is 2.66. The highest BCUT2D eigenvalue weighted by atomic mass is 19.4. The lowest BCUT2D eigenvalue weighted by Crippen LogP contribution is -2.10. The third-order valence-corrected chi connectivity index (χ3v) is 2.72. The van der Waals surface area contributed by atoms with E-state index >= 15 is 0 Å². The molecule has 2 nitrogen and oxygen atoms in total. The third-order valence-electron chi connectivity index (χ3n) is 2.72. The number of nitrogens with zero attached hydrogens (tertiary/aromatic N) is 1. The summed E-state index contributed by atoms with van der Waals surface area (Å²) in [6.07, 6.45) is -2.36. The number of hydrogen-bond donors (Lipinski definition) is 1. The van der Waals surface area contributed by atoms with Crippen molar-refractivity contribution >= 4 is 5.69 Å². The van der Waals surface area contributed by atoms with Crippen LogP contribution in [0.15, 0.2) is 42.6 Å². The van der Waals surface area contributed by atoms with Gasteiger partial charge < -0.3 is 5.32 Å². The molecule has 0 saturated carbocycles. The average Bonchev–Trinajstić information content (AvgIpc) is 2.41. The zero-order valence-corrected chi connectivity index (χ0v) is 10.4. The standard InChI is InChI=1S/C14H12F4N2/c15-12-5-4-10(14(16,17)18)9-13(12)20-8-6-11-3-1-2-7-19-11/h1-5,7,9,20H,6,8H2. The molecule has 2 rings (SSSR count). The predicted molar refractivity (Wildman–Crippen MR) is 67.8 cm³/mol. The Labute approximate surface area is 113 Å². The summed E-state index contributed by atoms with van der Waals surface area (Å²) in [5.41, 5.74) is -0.248. The van der Waals surface area contributed by atoms with Gasteiger partial charge >= 0.3 is 6.18 Å². The zero-order valence-electron chi connectivity index (χ0n) is 10.4. The number of hydrogen-bond acceptors (Lipinski definition) is 2. The first kappa shape index (κ1) is 14.3. The fourth-order valence-corrected chi connectivity index (χ4v) is 1.71. The summed E-state index contributed by atoms with van der Waals surface area (Å²) in [6.45, 7) is 0.301. The molecule has 1 heterocycles. The molecular formula is C14H12F4N2. The van der Waals surface area contributed by atoms with Crippen molar-refractivity contribution in [2.75, 3.05) is 11.9 Å². The summed E-state index contributed by atoms with van der Waals surface area (Å²) in [4.78, 5) is 4.08. The molecule has 1 aromatic carbocycles. The monoisotopic (exact) mass is 284 g/mol. The smallest absolute Gasteiger partial charge is 0.382 e. The van der Waals surface area contributed by atoms with Crippen molar-refractivity contribution in [3.8, 4) is 0 Å². The minimum absolute atomic E-state index is 0.157. The SMILES string of the molecule is Fc1ccc(C(F)(F)F)cc1NCCc1ccccn1. The highest BCUT2D eigenvalue weighted by Gasteiger charge is 2.31. The quantitative estimate of drug-likeness (QED) is 0.861. The minimum Gasteiger partial charge on any atom is -0.382 e. The molecule has 0 radical (unpaired) electrons. The molecule has 0 spiro atoms. The van der Waals surface area contributed by atoms with E-state index in [-0.39, 0.29) is 5.69 Å². The second kappa shape index (κ2) is 5.90. The number of nitrogens with one attached hydrogen (secondary N) is 1. The van der Waals surface area contributed by atoms with E-state index in [4.69, 9.17) is 0 Å². The Balaban J connectivity index is 2.02. The number of rotatable bonds is 4. The van der Waals surface area contributed by atoms with Gasteiger partial charge in [0.25, 0.3) is 0 Å². The van der Waals surface area contributed by atoms with Crippen molar-refractivity contribution < 1.29 is 17.6 Å². The molecule has 0 bridgehead atoms. The lowest BCUT2D eigenvalue weighted by molar-refractivity contribution is -0.137. The number of anilines is 1. The maximum atomic E-state index is 13.4. The van der Waals surface area contributed by atoms with E-state index in [1.165, 1.54) is 0 Å². The molecular weight excluding hydrogens is 272 g/mol. The van der Waals surface area contributed by atoms with Crippen molar-refractivity contribution in [2.24, 2.45) is 0 Å². The molecule has 1 N–H and O–H groups in total. The van der Waals surface area contributed by atoms with Crippen LogP contribution >= 0.6 is 0 Å². The van der Waals surface area contributed by atoms with Gasteiger partial charge in [-0.25, -0.2) is 4.39 Å². The van der Waals surface area contributed by atoms with Gasteiger partial charge in [-0.3, -0.25) is 4.98 Å². The molecule has 6 heteroatoms. The maximum absolute atomic E-state index is 13.4. The van der Waals surface area contributed by atoms with E-state index in [2.05, 4.69) is 10.3 Å². The van der Waals surface area contributed by atoms with Crippen LogP contribution in [0.1, 0.15) is 11.3 Å². The second-order valence-corrected chi connectivity index (χ2v) is 4.19. The molecule has 106 valence electrons. The molecule has 20 heavy (non-hydrogen) atoms. The van der Waals surface area contributed by atoms with E-state index in [1.54, 1.807) is 18.3 Å². The highest BCUT2D eigenvalue weighted by Crippen LogP contribution is 2.31. The van der Waals surface area contributed by atoms with Crippen LogP contribution in [0.2, 0.25) is 0 Å². The van der Waals surface area contributed by atoms with E-state index in [0.717, 1.165) is 23.9 Å². The Bertz CT molecular complexity index is 567. The number of halogens is 4. The molecule has 0 fully saturated rings. The fraction of sp³-hybridized carbons (Fsp3) is 0.214. The number of pyridine rings is 1. The molecule has 0 aliphatic rings. The lowest BCUT2D eigenvalue weighted by atomic mass is 10.2. The first-order valence-corrected chi connectivity index (χ1v) is 5.97. The predicted octanol–water partition coefficient (Wildman–Crippen LogP) is 3.89. The number of alkyl halides is 3. The summed E-state index contributed by atoms with van der Waals surface area (Å²) in [5.74, 6) is -0.709. The van der Waals surface area contributed by atoms with Crippen LogP contribution in [-0.2, 0) is 12.6 Å². The second-order valence-electron chi connectivity index (χ2n) is 4.19. The molecule has 0 saturated heterocycles. The average molecular weight is 284 g/mol. The van der Waals surface area contributed by atoms with E-state index in [0.29, 0.717) is 13.0 Å². The Morgan fingerprint density at radius 1 is 1.10 bits per heavy atom. The summed E-state index contributed by atoms with van der Waals surface area (Å²) < 4.78 is 51.0. The van der Waals surface area contributed by atoms with Crippen LogP contribution in [0.25, 0.3) is 0 Å². The largest absolute Gasteiger partial charge is 0.416 e. The van der Waals surface area contributed by atoms with Gasteiger partial charge in [0.1, 0.15) is 5.82 Å². The molecule has 0 atom stereocenters. The van der Waals surface area contributed by atoms with Gasteiger partial charge in [-0.15, -0.1) is 0 Å². The van der Waals surface area contributed by atoms with E-state index in [9.17, 15) is 17.6 Å². The Morgan fingerprint density at radius 3 is 2.55 bits per heavy atom. The Kier molecular flexibility index (Phi) is 4.22. The van der Waals surface area contributed by atoms with Crippen molar-refractivity contribution in [1.29, 1.82) is 0 Å². The zero-order chi connectivity index (χ0) is 14.6. The van der Waals surface area contributed by atoms with Gasteiger partial charge in [-0.1, -0.05) is 6.07 Å². The van der Waals surface area contributed by atoms with Crippen molar-refractivity contribution in [3.05, 3.63) is 59.7 Å². The molecule has 0 amide bonds. The summed E-state index contributed by atoms with van der Waals surface area (Å²) in [6, 6.07) is 7.68. The van der Waals surface area contributed by atoms with Gasteiger partial charge in [0.15, 0.2) is 0 Å². The first-order chi connectivity index (χ1) is 9.47. The maximum Gasteiger partial charge on any atom is 0.416 e. The normalized spacial score (nSPS) is 11.4. The fourth-order valence-electron chi connectivity index (χ4n) is 1.71. The third kappa shape index (κ3) is 3.69. The van der Waals surface area contributed by atoms with Gasteiger partial charge in [0, 0.05) is 24.9 Å². The van der Waals surface area contributed by atoms with Crippen LogP contribution in [-0.4, -0.2) is 11.5 Å². The lowest BCUT2D eigenvalue weighted by Gasteiger charge is -2.11.